The fourth-order valence-corrected chi connectivity index (χ4v) is 8.90. The highest BCUT2D eigenvalue weighted by molar-refractivity contribution is 8.01. The summed E-state index contributed by atoms with van der Waals surface area (Å²) < 4.78 is 66.3. The summed E-state index contributed by atoms with van der Waals surface area (Å²) in [6.07, 6.45) is 2.89. The summed E-state index contributed by atoms with van der Waals surface area (Å²) in [6.45, 7) is -0.812. The molecule has 4 rings (SSSR count). The summed E-state index contributed by atoms with van der Waals surface area (Å²) >= 11 is 1.62. The van der Waals surface area contributed by atoms with E-state index in [-0.39, 0.29) is 22.3 Å². The van der Waals surface area contributed by atoms with Crippen molar-refractivity contribution in [1.29, 1.82) is 0 Å². The van der Waals surface area contributed by atoms with Crippen LogP contribution in [0.25, 0.3) is 0 Å². The first-order chi connectivity index (χ1) is 15.3. The van der Waals surface area contributed by atoms with Gasteiger partial charge in [0.2, 0.25) is 0 Å². The molecule has 33 heavy (non-hydrogen) atoms. The van der Waals surface area contributed by atoms with E-state index in [1.165, 1.54) is 0 Å². The molecule has 0 aromatic carbocycles. The third-order valence-corrected chi connectivity index (χ3v) is 10.4. The van der Waals surface area contributed by atoms with Crippen LogP contribution in [0.4, 0.5) is 8.78 Å². The lowest BCUT2D eigenvalue weighted by atomic mass is 9.62. The smallest absolute Gasteiger partial charge is 0.426 e. The van der Waals surface area contributed by atoms with Gasteiger partial charge in [0.05, 0.1) is 17.3 Å². The number of hydrogen-bond acceptors (Lipinski definition) is 9. The Morgan fingerprint density at radius 1 is 1.06 bits per heavy atom. The zero-order chi connectivity index (χ0) is 24.2. The maximum absolute atomic E-state index is 13.4. The van der Waals surface area contributed by atoms with Gasteiger partial charge in [-0.3, -0.25) is 4.55 Å². The normalized spacial score (nSPS) is 36.2. The first-order valence-corrected chi connectivity index (χ1v) is 13.6. The molecule has 6 unspecified atom stereocenters. The Morgan fingerprint density at radius 3 is 2.09 bits per heavy atom. The lowest BCUT2D eigenvalue weighted by molar-refractivity contribution is -0.210. The topological polar surface area (TPSA) is 151 Å². The number of hydrogen-bond donors (Lipinski definition) is 4. The fourth-order valence-electron chi connectivity index (χ4n) is 6.34. The number of ether oxygens (including phenoxy) is 2. The van der Waals surface area contributed by atoms with Gasteiger partial charge in [0.25, 0.3) is 6.29 Å². The molecule has 0 radical (unpaired) electrons. The molecule has 2 heterocycles. The Balaban J connectivity index is 1.42. The van der Waals surface area contributed by atoms with Crippen molar-refractivity contribution in [2.75, 3.05) is 6.61 Å². The standard InChI is InChI=1S/C20H30F2O9S2/c21-20(22,33(27,28)29)17(24)31-13(23)10-30-11-9-12-14(18(25)5-1-2-6-18)15(16(11)32-12)19(26)7-3-4-8-19/h11-12,14-17,24-26H,1-10H2,(H,27,28,29). The van der Waals surface area contributed by atoms with E-state index in [1.807, 2.05) is 0 Å². The van der Waals surface area contributed by atoms with E-state index >= 15 is 0 Å². The summed E-state index contributed by atoms with van der Waals surface area (Å²) in [5, 5.41) is 26.8. The molecular formula is C20H30F2O9S2. The molecule has 4 fully saturated rings. The molecule has 0 spiro atoms. The van der Waals surface area contributed by atoms with Crippen molar-refractivity contribution in [1.82, 2.24) is 0 Å². The maximum atomic E-state index is 13.4. The molecule has 4 aliphatic rings. The molecule has 2 saturated heterocycles. The second kappa shape index (κ2) is 8.82. The molecular weight excluding hydrogens is 486 g/mol. The summed E-state index contributed by atoms with van der Waals surface area (Å²) in [7, 11) is -5.98. The second-order valence-corrected chi connectivity index (χ2v) is 12.7. The van der Waals surface area contributed by atoms with Crippen LogP contribution in [0.15, 0.2) is 0 Å². The van der Waals surface area contributed by atoms with Crippen molar-refractivity contribution < 1.29 is 51.3 Å². The van der Waals surface area contributed by atoms with E-state index < -0.39 is 51.5 Å². The molecule has 4 N–H and O–H groups in total. The average molecular weight is 517 g/mol. The summed E-state index contributed by atoms with van der Waals surface area (Å²) in [4.78, 5) is 11.9. The first kappa shape index (κ1) is 25.5. The number of aliphatic hydroxyl groups is 3. The lowest BCUT2D eigenvalue weighted by Crippen LogP contribution is -2.56. The summed E-state index contributed by atoms with van der Waals surface area (Å²) in [5.74, 6) is -1.75. The van der Waals surface area contributed by atoms with E-state index in [9.17, 15) is 37.3 Å². The number of carbonyl (C=O) groups excluding carboxylic acids is 1. The molecule has 9 nitrogen and oxygen atoms in total. The van der Waals surface area contributed by atoms with Crippen LogP contribution in [0.1, 0.15) is 57.8 Å². The van der Waals surface area contributed by atoms with Gasteiger partial charge >= 0.3 is 21.3 Å². The molecule has 13 heteroatoms. The number of esters is 1. The predicted octanol–water partition coefficient (Wildman–Crippen LogP) is 1.44. The van der Waals surface area contributed by atoms with E-state index in [4.69, 9.17) is 9.29 Å². The molecule has 0 amide bonds. The van der Waals surface area contributed by atoms with Crippen LogP contribution >= 0.6 is 11.8 Å². The van der Waals surface area contributed by atoms with Crippen LogP contribution < -0.4 is 0 Å². The van der Waals surface area contributed by atoms with Crippen molar-refractivity contribution in [3.8, 4) is 0 Å². The van der Waals surface area contributed by atoms with E-state index in [2.05, 4.69) is 4.74 Å². The largest absolute Gasteiger partial charge is 0.430 e. The van der Waals surface area contributed by atoms with Crippen molar-refractivity contribution in [3.05, 3.63) is 0 Å². The minimum atomic E-state index is -5.98. The summed E-state index contributed by atoms with van der Waals surface area (Å²) in [6, 6.07) is 0. The van der Waals surface area contributed by atoms with Gasteiger partial charge in [0.1, 0.15) is 6.61 Å². The second-order valence-electron chi connectivity index (χ2n) is 9.78. The number of carbonyl (C=O) groups is 1. The van der Waals surface area contributed by atoms with E-state index in [1.54, 1.807) is 11.8 Å². The van der Waals surface area contributed by atoms with Gasteiger partial charge in [-0.15, -0.1) is 0 Å². The van der Waals surface area contributed by atoms with E-state index in [0.29, 0.717) is 32.1 Å². The van der Waals surface area contributed by atoms with Crippen molar-refractivity contribution >= 4 is 27.8 Å². The summed E-state index contributed by atoms with van der Waals surface area (Å²) in [5.41, 5.74) is -1.78. The van der Waals surface area contributed by atoms with Crippen LogP contribution in [0, 0.1) is 11.8 Å². The Labute approximate surface area is 195 Å². The average Bonchev–Trinajstić information content (AvgIpc) is 3.49. The van der Waals surface area contributed by atoms with Crippen LogP contribution in [-0.4, -0.2) is 80.2 Å². The minimum absolute atomic E-state index is 0.0169. The maximum Gasteiger partial charge on any atom is 0.430 e. The number of halogens is 2. The van der Waals surface area contributed by atoms with Crippen LogP contribution in [0.2, 0.25) is 0 Å². The van der Waals surface area contributed by atoms with Crippen molar-refractivity contribution in [2.45, 2.75) is 97.1 Å². The highest BCUT2D eigenvalue weighted by Gasteiger charge is 2.65. The third kappa shape index (κ3) is 4.54. The van der Waals surface area contributed by atoms with Crippen molar-refractivity contribution in [2.24, 2.45) is 11.8 Å². The number of fused-ring (bicyclic) bond motifs is 2. The lowest BCUT2D eigenvalue weighted by Gasteiger charge is -2.47. The molecule has 0 aromatic rings. The monoisotopic (exact) mass is 516 g/mol. The van der Waals surface area contributed by atoms with Gasteiger partial charge in [-0.2, -0.15) is 29.0 Å². The zero-order valence-electron chi connectivity index (χ0n) is 17.9. The molecule has 2 saturated carbocycles. The van der Waals surface area contributed by atoms with Crippen LogP contribution in [-0.2, 0) is 24.4 Å². The Kier molecular flexibility index (Phi) is 6.82. The Hall–Kier alpha value is -0.570. The highest BCUT2D eigenvalue weighted by Crippen LogP contribution is 2.64. The Morgan fingerprint density at radius 2 is 1.58 bits per heavy atom. The van der Waals surface area contributed by atoms with Crippen LogP contribution in [0.5, 0.6) is 0 Å². The van der Waals surface area contributed by atoms with Crippen LogP contribution in [0.3, 0.4) is 0 Å². The molecule has 2 aliphatic carbocycles. The SMILES string of the molecule is O=C(COC1CC2SC1C(C1(O)CCCC1)C2C1(O)CCCC1)OC(O)C(F)(F)S(=O)(=O)O. The Bertz CT molecular complexity index is 856. The molecule has 2 aliphatic heterocycles. The molecule has 2 bridgehead atoms. The highest BCUT2D eigenvalue weighted by atomic mass is 32.2. The predicted molar refractivity (Wildman–Crippen MR) is 112 cm³/mol. The number of aliphatic hydroxyl groups excluding tert-OH is 1. The van der Waals surface area contributed by atoms with E-state index in [0.717, 1.165) is 25.7 Å². The minimum Gasteiger partial charge on any atom is -0.426 e. The number of thioether (sulfide) groups is 1. The molecule has 0 aromatic heterocycles. The quantitative estimate of drug-likeness (QED) is 0.212. The zero-order valence-corrected chi connectivity index (χ0v) is 19.6. The molecule has 190 valence electrons. The van der Waals surface area contributed by atoms with Gasteiger partial charge in [-0.25, -0.2) is 4.79 Å². The van der Waals surface area contributed by atoms with Gasteiger partial charge in [-0.1, -0.05) is 25.7 Å². The molecule has 6 atom stereocenters. The number of rotatable bonds is 8. The fraction of sp³-hybridized carbons (Fsp3) is 0.950. The first-order valence-electron chi connectivity index (χ1n) is 11.2. The van der Waals surface area contributed by atoms with Gasteiger partial charge < -0.3 is 24.8 Å². The van der Waals surface area contributed by atoms with Gasteiger partial charge in [-0.05, 0) is 32.1 Å². The third-order valence-electron chi connectivity index (χ3n) is 7.77. The van der Waals surface area contributed by atoms with Gasteiger partial charge in [0, 0.05) is 22.3 Å². The van der Waals surface area contributed by atoms with Crippen molar-refractivity contribution in [3.63, 3.8) is 0 Å². The number of alkyl halides is 2. The van der Waals surface area contributed by atoms with Gasteiger partial charge in [0.15, 0.2) is 0 Å².